The quantitative estimate of drug-likeness (QED) is 0.193. The van der Waals surface area contributed by atoms with Crippen LogP contribution in [0.15, 0.2) is 18.2 Å². The van der Waals surface area contributed by atoms with Crippen LogP contribution in [-0.4, -0.2) is 54.3 Å². The number of nitro groups is 1. The zero-order chi connectivity index (χ0) is 21.2. The molecule has 0 aliphatic heterocycles. The van der Waals surface area contributed by atoms with Gasteiger partial charge in [0.1, 0.15) is 17.9 Å². The largest absolute Gasteiger partial charge is 0.493 e. The van der Waals surface area contributed by atoms with Gasteiger partial charge in [-0.1, -0.05) is 25.3 Å². The SMILES string of the molecule is COC(=O)CN(C(=O)CCCOc1cccc([N+](=O)[O-])c1C=O)C1CCCCC1. The van der Waals surface area contributed by atoms with Crippen molar-refractivity contribution >= 4 is 23.9 Å². The van der Waals surface area contributed by atoms with Crippen LogP contribution < -0.4 is 4.74 Å². The molecule has 1 saturated carbocycles. The van der Waals surface area contributed by atoms with Gasteiger partial charge in [-0.15, -0.1) is 0 Å². The summed E-state index contributed by atoms with van der Waals surface area (Å²) < 4.78 is 10.2. The highest BCUT2D eigenvalue weighted by Gasteiger charge is 2.27. The lowest BCUT2D eigenvalue weighted by molar-refractivity contribution is -0.385. The minimum atomic E-state index is -0.644. The van der Waals surface area contributed by atoms with E-state index in [1.165, 1.54) is 25.3 Å². The summed E-state index contributed by atoms with van der Waals surface area (Å²) in [5.41, 5.74) is -0.450. The number of hydrogen-bond donors (Lipinski definition) is 0. The summed E-state index contributed by atoms with van der Waals surface area (Å²) in [5, 5.41) is 11.0. The van der Waals surface area contributed by atoms with Crippen molar-refractivity contribution in [3.8, 4) is 5.75 Å². The number of methoxy groups -OCH3 is 1. The van der Waals surface area contributed by atoms with E-state index in [1.807, 2.05) is 0 Å². The molecule has 0 aromatic heterocycles. The van der Waals surface area contributed by atoms with E-state index in [9.17, 15) is 24.5 Å². The number of nitrogens with zero attached hydrogens (tertiary/aromatic N) is 2. The van der Waals surface area contributed by atoms with Crippen molar-refractivity contribution in [1.29, 1.82) is 0 Å². The molecule has 0 radical (unpaired) electrons. The van der Waals surface area contributed by atoms with E-state index >= 15 is 0 Å². The summed E-state index contributed by atoms with van der Waals surface area (Å²) in [6, 6.07) is 4.18. The first-order chi connectivity index (χ1) is 14.0. The van der Waals surface area contributed by atoms with Crippen LogP contribution in [0.25, 0.3) is 0 Å². The molecule has 0 spiro atoms. The molecule has 1 aromatic rings. The third-order valence-electron chi connectivity index (χ3n) is 5.01. The Morgan fingerprint density at radius 2 is 2.00 bits per heavy atom. The summed E-state index contributed by atoms with van der Waals surface area (Å²) in [6.07, 6.45) is 5.83. The second-order valence-corrected chi connectivity index (χ2v) is 6.91. The monoisotopic (exact) mass is 406 g/mol. The maximum Gasteiger partial charge on any atom is 0.325 e. The highest BCUT2D eigenvalue weighted by Crippen LogP contribution is 2.27. The molecule has 0 unspecified atom stereocenters. The molecule has 0 N–H and O–H groups in total. The van der Waals surface area contributed by atoms with Gasteiger partial charge in [-0.05, 0) is 25.3 Å². The van der Waals surface area contributed by atoms with E-state index < -0.39 is 10.9 Å². The molecule has 9 heteroatoms. The average molecular weight is 406 g/mol. The van der Waals surface area contributed by atoms with Crippen LogP contribution in [0, 0.1) is 10.1 Å². The van der Waals surface area contributed by atoms with Crippen molar-refractivity contribution < 1.29 is 28.8 Å². The Labute approximate surface area is 169 Å². The molecule has 9 nitrogen and oxygen atoms in total. The Bertz CT molecular complexity index is 744. The van der Waals surface area contributed by atoms with Crippen molar-refractivity contribution in [3.63, 3.8) is 0 Å². The predicted molar refractivity (Wildman–Crippen MR) is 104 cm³/mol. The molecule has 1 aromatic carbocycles. The Morgan fingerprint density at radius 3 is 2.62 bits per heavy atom. The van der Waals surface area contributed by atoms with E-state index in [0.717, 1.165) is 32.1 Å². The van der Waals surface area contributed by atoms with Crippen molar-refractivity contribution in [1.82, 2.24) is 4.90 Å². The normalized spacial score (nSPS) is 14.1. The van der Waals surface area contributed by atoms with Crippen molar-refractivity contribution in [2.24, 2.45) is 0 Å². The van der Waals surface area contributed by atoms with E-state index in [0.29, 0.717) is 12.7 Å². The summed E-state index contributed by atoms with van der Waals surface area (Å²) >= 11 is 0. The Hall–Kier alpha value is -2.97. The number of rotatable bonds is 10. The molecule has 0 heterocycles. The van der Waals surface area contributed by atoms with Gasteiger partial charge in [0.2, 0.25) is 5.91 Å². The number of aldehydes is 1. The lowest BCUT2D eigenvalue weighted by Gasteiger charge is -2.33. The number of hydrogen-bond acceptors (Lipinski definition) is 7. The molecule has 158 valence electrons. The topological polar surface area (TPSA) is 116 Å². The van der Waals surface area contributed by atoms with Crippen LogP contribution in [0.2, 0.25) is 0 Å². The predicted octanol–water partition coefficient (Wildman–Crippen LogP) is 2.90. The molecule has 0 saturated heterocycles. The highest BCUT2D eigenvalue weighted by atomic mass is 16.6. The molecule has 2 rings (SSSR count). The first kappa shape index (κ1) is 22.3. The Balaban J connectivity index is 1.93. The van der Waals surface area contributed by atoms with Gasteiger partial charge in [0.05, 0.1) is 18.6 Å². The number of carbonyl (C=O) groups excluding carboxylic acids is 3. The Morgan fingerprint density at radius 1 is 1.28 bits per heavy atom. The fraction of sp³-hybridized carbons (Fsp3) is 0.550. The Kier molecular flexibility index (Phi) is 8.57. The van der Waals surface area contributed by atoms with E-state index in [2.05, 4.69) is 0 Å². The number of carbonyl (C=O) groups is 3. The van der Waals surface area contributed by atoms with Crippen LogP contribution in [0.3, 0.4) is 0 Å². The van der Waals surface area contributed by atoms with E-state index in [-0.39, 0.29) is 48.5 Å². The van der Waals surface area contributed by atoms with Gasteiger partial charge in [-0.2, -0.15) is 0 Å². The lowest BCUT2D eigenvalue weighted by Crippen LogP contribution is -2.44. The first-order valence-electron chi connectivity index (χ1n) is 9.69. The standard InChI is InChI=1S/C20H26N2O7/c1-28-20(25)13-21(15-7-3-2-4-8-15)19(24)11-6-12-29-18-10-5-9-17(22(26)27)16(18)14-23/h5,9-10,14-15H,2-4,6-8,11-13H2,1H3. The van der Waals surface area contributed by atoms with Crippen molar-refractivity contribution in [3.05, 3.63) is 33.9 Å². The zero-order valence-electron chi connectivity index (χ0n) is 16.5. The third kappa shape index (κ3) is 6.27. The molecule has 1 fully saturated rings. The smallest absolute Gasteiger partial charge is 0.325 e. The minimum Gasteiger partial charge on any atom is -0.493 e. The van der Waals surface area contributed by atoms with Gasteiger partial charge in [-0.3, -0.25) is 24.5 Å². The molecule has 1 aliphatic carbocycles. The van der Waals surface area contributed by atoms with Gasteiger partial charge >= 0.3 is 5.97 Å². The van der Waals surface area contributed by atoms with Gasteiger partial charge in [0.25, 0.3) is 5.69 Å². The fourth-order valence-electron chi connectivity index (χ4n) is 3.50. The summed E-state index contributed by atoms with van der Waals surface area (Å²) in [4.78, 5) is 47.5. The molecule has 29 heavy (non-hydrogen) atoms. The maximum atomic E-state index is 12.7. The second-order valence-electron chi connectivity index (χ2n) is 6.91. The van der Waals surface area contributed by atoms with Crippen LogP contribution >= 0.6 is 0 Å². The van der Waals surface area contributed by atoms with Crippen LogP contribution in [0.5, 0.6) is 5.75 Å². The molecule has 0 atom stereocenters. The number of esters is 1. The zero-order valence-corrected chi connectivity index (χ0v) is 16.5. The number of ether oxygens (including phenoxy) is 2. The van der Waals surface area contributed by atoms with Crippen LogP contribution in [0.1, 0.15) is 55.3 Å². The lowest BCUT2D eigenvalue weighted by atomic mass is 9.94. The molecular weight excluding hydrogens is 380 g/mol. The molecule has 0 bridgehead atoms. The van der Waals surface area contributed by atoms with E-state index in [4.69, 9.17) is 9.47 Å². The summed E-state index contributed by atoms with van der Waals surface area (Å²) in [7, 11) is 1.30. The second kappa shape index (κ2) is 11.1. The maximum absolute atomic E-state index is 12.7. The third-order valence-corrected chi connectivity index (χ3v) is 5.01. The fourth-order valence-corrected chi connectivity index (χ4v) is 3.50. The molecule has 1 aliphatic rings. The van der Waals surface area contributed by atoms with Crippen molar-refractivity contribution in [2.45, 2.75) is 51.0 Å². The van der Waals surface area contributed by atoms with Crippen LogP contribution in [0.4, 0.5) is 5.69 Å². The number of benzene rings is 1. The van der Waals surface area contributed by atoms with Gasteiger partial charge < -0.3 is 14.4 Å². The van der Waals surface area contributed by atoms with Gasteiger partial charge in [0, 0.05) is 18.5 Å². The number of nitro benzene ring substituents is 1. The van der Waals surface area contributed by atoms with Crippen LogP contribution in [-0.2, 0) is 14.3 Å². The summed E-state index contributed by atoms with van der Waals surface area (Å²) in [5.74, 6) is -0.492. The first-order valence-corrected chi connectivity index (χ1v) is 9.69. The minimum absolute atomic E-state index is 0.0368. The van der Waals surface area contributed by atoms with Gasteiger partial charge in [0.15, 0.2) is 6.29 Å². The van der Waals surface area contributed by atoms with Crippen molar-refractivity contribution in [2.75, 3.05) is 20.3 Å². The van der Waals surface area contributed by atoms with E-state index in [1.54, 1.807) is 4.90 Å². The average Bonchev–Trinajstić information content (AvgIpc) is 2.74. The summed E-state index contributed by atoms with van der Waals surface area (Å²) in [6.45, 7) is 0.0471. The van der Waals surface area contributed by atoms with Gasteiger partial charge in [-0.25, -0.2) is 0 Å². The molecule has 1 amide bonds. The number of amides is 1. The highest BCUT2D eigenvalue weighted by molar-refractivity contribution is 5.85. The molecular formula is C20H26N2O7.